The summed E-state index contributed by atoms with van der Waals surface area (Å²) in [5.41, 5.74) is -0.0874. The van der Waals surface area contributed by atoms with Gasteiger partial charge in [0.25, 0.3) is 0 Å². The predicted octanol–water partition coefficient (Wildman–Crippen LogP) is 1.26. The Bertz CT molecular complexity index is 835. The Morgan fingerprint density at radius 1 is 1.45 bits per heavy atom. The average Bonchev–Trinajstić information content (AvgIpc) is 2.81. The van der Waals surface area contributed by atoms with E-state index in [2.05, 4.69) is 15.5 Å². The van der Waals surface area contributed by atoms with Gasteiger partial charge in [-0.15, -0.1) is 5.10 Å². The minimum atomic E-state index is -3.77. The van der Waals surface area contributed by atoms with Crippen molar-refractivity contribution >= 4 is 39.2 Å². The molecule has 0 bridgehead atoms. The summed E-state index contributed by atoms with van der Waals surface area (Å²) in [4.78, 5) is 11.0. The molecule has 0 aliphatic rings. The molecule has 1 aromatic carbocycles. The minimum absolute atomic E-state index is 0.122. The minimum Gasteiger partial charge on any atom is -0.478 e. The van der Waals surface area contributed by atoms with Crippen molar-refractivity contribution in [1.82, 2.24) is 20.2 Å². The number of rotatable bonds is 5. The number of sulfone groups is 1. The smallest absolute Gasteiger partial charge is 0.337 e. The van der Waals surface area contributed by atoms with Crippen molar-refractivity contribution in [1.29, 1.82) is 0 Å². The van der Waals surface area contributed by atoms with Crippen molar-refractivity contribution < 1.29 is 18.3 Å². The topological polar surface area (TPSA) is 115 Å². The fourth-order valence-electron chi connectivity index (χ4n) is 1.81. The van der Waals surface area contributed by atoms with Crippen LogP contribution in [0.5, 0.6) is 0 Å². The van der Waals surface area contributed by atoms with Crippen LogP contribution in [-0.4, -0.2) is 46.0 Å². The molecule has 0 radical (unpaired) electrons. The molecule has 0 aliphatic carbocycles. The summed E-state index contributed by atoms with van der Waals surface area (Å²) in [6.45, 7) is 0. The molecule has 22 heavy (non-hydrogen) atoms. The largest absolute Gasteiger partial charge is 0.478 e. The Balaban J connectivity index is 2.52. The molecule has 0 atom stereocenters. The van der Waals surface area contributed by atoms with Crippen LogP contribution in [0, 0.1) is 0 Å². The number of aromatic nitrogens is 4. The number of benzene rings is 1. The van der Waals surface area contributed by atoms with E-state index in [-0.39, 0.29) is 26.8 Å². The fourth-order valence-corrected chi connectivity index (χ4v) is 4.34. The third-order valence-electron chi connectivity index (χ3n) is 2.73. The Labute approximate surface area is 135 Å². The van der Waals surface area contributed by atoms with E-state index in [9.17, 15) is 18.3 Å². The second-order valence-corrected chi connectivity index (χ2v) is 7.66. The lowest BCUT2D eigenvalue weighted by molar-refractivity contribution is 0.0692. The van der Waals surface area contributed by atoms with Gasteiger partial charge < -0.3 is 5.11 Å². The van der Waals surface area contributed by atoms with Crippen LogP contribution in [0.4, 0.5) is 0 Å². The molecular weight excluding hydrogens is 352 g/mol. The quantitative estimate of drug-likeness (QED) is 0.790. The Morgan fingerprint density at radius 2 is 2.14 bits per heavy atom. The standard InChI is InChI=1S/C11H11ClN4O4S2/c1-16-11(13-14-15-16)21-5-7-8(12)4-3-6(10(17)18)9(7)22(2,19)20/h3-4H,5H2,1-2H3,(H,17,18). The molecule has 2 aromatic rings. The maximum Gasteiger partial charge on any atom is 0.337 e. The third kappa shape index (κ3) is 3.39. The Morgan fingerprint density at radius 3 is 2.64 bits per heavy atom. The average molecular weight is 363 g/mol. The lowest BCUT2D eigenvalue weighted by Gasteiger charge is -2.12. The first kappa shape index (κ1) is 16.7. The van der Waals surface area contributed by atoms with Crippen LogP contribution >= 0.6 is 23.4 Å². The van der Waals surface area contributed by atoms with Crippen LogP contribution in [0.3, 0.4) is 0 Å². The van der Waals surface area contributed by atoms with Crippen molar-refractivity contribution in [3.63, 3.8) is 0 Å². The van der Waals surface area contributed by atoms with E-state index in [4.69, 9.17) is 11.6 Å². The number of carboxylic acid groups (broad SMARTS) is 1. The number of halogens is 1. The van der Waals surface area contributed by atoms with Gasteiger partial charge in [-0.2, -0.15) is 0 Å². The van der Waals surface area contributed by atoms with Crippen LogP contribution < -0.4 is 0 Å². The number of aryl methyl sites for hydroxylation is 1. The molecule has 8 nitrogen and oxygen atoms in total. The first-order valence-corrected chi connectivity index (χ1v) is 9.07. The molecule has 0 unspecified atom stereocenters. The predicted molar refractivity (Wildman–Crippen MR) is 79.9 cm³/mol. The first-order valence-electron chi connectivity index (χ1n) is 5.81. The molecule has 0 spiro atoms. The maximum atomic E-state index is 12.0. The molecule has 1 aromatic heterocycles. The zero-order valence-electron chi connectivity index (χ0n) is 11.5. The van der Waals surface area contributed by atoms with Crippen molar-refractivity contribution in [3.05, 3.63) is 28.3 Å². The van der Waals surface area contributed by atoms with Crippen molar-refractivity contribution in [2.45, 2.75) is 15.8 Å². The van der Waals surface area contributed by atoms with Gasteiger partial charge in [0.2, 0.25) is 5.16 Å². The van der Waals surface area contributed by atoms with E-state index in [1.54, 1.807) is 7.05 Å². The summed E-state index contributed by atoms with van der Waals surface area (Å²) in [6, 6.07) is 2.55. The van der Waals surface area contributed by atoms with Crippen LogP contribution in [0.2, 0.25) is 5.02 Å². The molecule has 0 saturated carbocycles. The highest BCUT2D eigenvalue weighted by molar-refractivity contribution is 7.98. The Kier molecular flexibility index (Phi) is 4.73. The van der Waals surface area contributed by atoms with Gasteiger partial charge in [-0.1, -0.05) is 23.4 Å². The SMILES string of the molecule is Cn1nnnc1SCc1c(Cl)ccc(C(=O)O)c1S(C)(=O)=O. The molecular formula is C11H11ClN4O4S2. The van der Waals surface area contributed by atoms with Gasteiger partial charge in [-0.3, -0.25) is 0 Å². The van der Waals surface area contributed by atoms with Crippen molar-refractivity contribution in [2.75, 3.05) is 6.26 Å². The monoisotopic (exact) mass is 362 g/mol. The normalized spacial score (nSPS) is 11.6. The number of carboxylic acids is 1. The molecule has 0 saturated heterocycles. The van der Waals surface area contributed by atoms with Gasteiger partial charge in [0.15, 0.2) is 9.84 Å². The number of hydrogen-bond acceptors (Lipinski definition) is 7. The summed E-state index contributed by atoms with van der Waals surface area (Å²) >= 11 is 7.22. The summed E-state index contributed by atoms with van der Waals surface area (Å²) in [7, 11) is -2.14. The summed E-state index contributed by atoms with van der Waals surface area (Å²) < 4.78 is 25.4. The number of nitrogens with zero attached hydrogens (tertiary/aromatic N) is 4. The van der Waals surface area contributed by atoms with Crippen LogP contribution in [-0.2, 0) is 22.6 Å². The molecule has 0 amide bonds. The summed E-state index contributed by atoms with van der Waals surface area (Å²) in [6.07, 6.45) is 0.948. The Hall–Kier alpha value is -1.65. The van der Waals surface area contributed by atoms with Gasteiger partial charge in [0.05, 0.1) is 10.5 Å². The first-order chi connectivity index (χ1) is 10.2. The maximum absolute atomic E-state index is 12.0. The second kappa shape index (κ2) is 6.23. The highest BCUT2D eigenvalue weighted by Crippen LogP contribution is 2.32. The van der Waals surface area contributed by atoms with Crippen LogP contribution in [0.25, 0.3) is 0 Å². The molecule has 0 aliphatic heterocycles. The van der Waals surface area contributed by atoms with E-state index in [0.717, 1.165) is 18.0 Å². The van der Waals surface area contributed by atoms with Crippen molar-refractivity contribution in [3.8, 4) is 0 Å². The highest BCUT2D eigenvalue weighted by atomic mass is 35.5. The highest BCUT2D eigenvalue weighted by Gasteiger charge is 2.25. The number of hydrogen-bond donors (Lipinski definition) is 1. The zero-order valence-corrected chi connectivity index (χ0v) is 13.9. The fraction of sp³-hybridized carbons (Fsp3) is 0.273. The summed E-state index contributed by atoms with van der Waals surface area (Å²) in [5.74, 6) is -1.21. The molecule has 11 heteroatoms. The summed E-state index contributed by atoms with van der Waals surface area (Å²) in [5, 5.41) is 20.7. The van der Waals surface area contributed by atoms with Gasteiger partial charge >= 0.3 is 5.97 Å². The van der Waals surface area contributed by atoms with E-state index in [1.165, 1.54) is 16.8 Å². The number of carbonyl (C=O) groups is 1. The molecule has 118 valence electrons. The van der Waals surface area contributed by atoms with E-state index >= 15 is 0 Å². The molecule has 0 fully saturated rings. The van der Waals surface area contributed by atoms with Gasteiger partial charge in [0, 0.05) is 29.6 Å². The molecule has 1 N–H and O–H groups in total. The number of tetrazole rings is 1. The van der Waals surface area contributed by atoms with E-state index < -0.39 is 15.8 Å². The van der Waals surface area contributed by atoms with Crippen molar-refractivity contribution in [2.24, 2.45) is 7.05 Å². The number of thioether (sulfide) groups is 1. The van der Waals surface area contributed by atoms with Gasteiger partial charge in [-0.25, -0.2) is 17.9 Å². The second-order valence-electron chi connectivity index (χ2n) is 4.35. The van der Waals surface area contributed by atoms with E-state index in [0.29, 0.717) is 5.16 Å². The lowest BCUT2D eigenvalue weighted by Crippen LogP contribution is -2.11. The third-order valence-corrected chi connectivity index (χ3v) is 5.33. The number of aromatic carboxylic acids is 1. The van der Waals surface area contributed by atoms with Crippen LogP contribution in [0.15, 0.2) is 22.2 Å². The van der Waals surface area contributed by atoms with Crippen LogP contribution in [0.1, 0.15) is 15.9 Å². The molecule has 1 heterocycles. The molecule has 2 rings (SSSR count). The zero-order chi connectivity index (χ0) is 16.5. The van der Waals surface area contributed by atoms with Gasteiger partial charge in [0.1, 0.15) is 0 Å². The van der Waals surface area contributed by atoms with Gasteiger partial charge in [-0.05, 0) is 22.6 Å². The van der Waals surface area contributed by atoms with E-state index in [1.807, 2.05) is 0 Å². The lowest BCUT2D eigenvalue weighted by atomic mass is 10.1.